The van der Waals surface area contributed by atoms with Gasteiger partial charge >= 0.3 is 5.97 Å². The summed E-state index contributed by atoms with van der Waals surface area (Å²) in [5, 5.41) is 6.39. The molecule has 0 saturated heterocycles. The molecule has 9 heteroatoms. The molecule has 0 bridgehead atoms. The van der Waals surface area contributed by atoms with Crippen molar-refractivity contribution in [2.45, 2.75) is 13.3 Å². The van der Waals surface area contributed by atoms with Crippen LogP contribution in [0.15, 0.2) is 77.9 Å². The standard InChI is InChI=1S/C27H27N3O6/c1-3-16-35-23-14-8-21(9-15-23)27(33)36-24-10-4-19(5-11-24)17-29-30-25(31)18-28-26(32)20-6-12-22(34-2)13-7-20/h4-15,17H,3,16,18H2,1-2H3,(H,28,32)(H,30,31). The maximum absolute atomic E-state index is 12.3. The number of ether oxygens (including phenoxy) is 3. The molecule has 2 N–H and O–H groups in total. The SMILES string of the molecule is CCCOc1ccc(C(=O)Oc2ccc(C=NNC(=O)CNC(=O)c3ccc(OC)cc3)cc2)cc1. The summed E-state index contributed by atoms with van der Waals surface area (Å²) in [4.78, 5) is 36.3. The molecule has 0 aliphatic rings. The van der Waals surface area contributed by atoms with Gasteiger partial charge < -0.3 is 19.5 Å². The first-order valence-corrected chi connectivity index (χ1v) is 11.3. The average Bonchev–Trinajstić information content (AvgIpc) is 2.91. The molecule has 0 aliphatic carbocycles. The predicted octanol–water partition coefficient (Wildman–Crippen LogP) is 3.58. The zero-order valence-electron chi connectivity index (χ0n) is 20.0. The number of nitrogens with one attached hydrogen (secondary N) is 2. The number of amides is 2. The van der Waals surface area contributed by atoms with E-state index in [1.54, 1.807) is 72.8 Å². The number of hydrogen-bond donors (Lipinski definition) is 2. The molecule has 0 fully saturated rings. The monoisotopic (exact) mass is 489 g/mol. The summed E-state index contributed by atoms with van der Waals surface area (Å²) in [6, 6.07) is 19.9. The van der Waals surface area contributed by atoms with Crippen LogP contribution in [0.25, 0.3) is 0 Å². The Morgan fingerprint density at radius 2 is 1.44 bits per heavy atom. The van der Waals surface area contributed by atoms with Gasteiger partial charge in [0.2, 0.25) is 0 Å². The molecule has 2 amide bonds. The van der Waals surface area contributed by atoms with Gasteiger partial charge in [0.05, 0.1) is 32.0 Å². The zero-order chi connectivity index (χ0) is 25.8. The van der Waals surface area contributed by atoms with Gasteiger partial charge in [-0.25, -0.2) is 10.2 Å². The first kappa shape index (κ1) is 26.0. The lowest BCUT2D eigenvalue weighted by Gasteiger charge is -2.07. The number of hydrogen-bond acceptors (Lipinski definition) is 7. The summed E-state index contributed by atoms with van der Waals surface area (Å²) in [5.41, 5.74) is 3.83. The van der Waals surface area contributed by atoms with E-state index in [1.807, 2.05) is 6.92 Å². The Kier molecular flexibility index (Phi) is 9.58. The fourth-order valence-corrected chi connectivity index (χ4v) is 2.92. The Labute approximate surface area is 209 Å². The van der Waals surface area contributed by atoms with Crippen LogP contribution in [0.4, 0.5) is 0 Å². The third kappa shape index (κ3) is 7.98. The lowest BCUT2D eigenvalue weighted by atomic mass is 10.2. The molecular formula is C27H27N3O6. The Morgan fingerprint density at radius 1 is 0.833 bits per heavy atom. The van der Waals surface area contributed by atoms with Crippen LogP contribution in [-0.2, 0) is 4.79 Å². The summed E-state index contributed by atoms with van der Waals surface area (Å²) in [6.07, 6.45) is 2.34. The smallest absolute Gasteiger partial charge is 0.343 e. The van der Waals surface area contributed by atoms with Gasteiger partial charge in [-0.05, 0) is 84.8 Å². The molecule has 0 aliphatic heterocycles. The van der Waals surface area contributed by atoms with E-state index in [4.69, 9.17) is 14.2 Å². The molecule has 0 unspecified atom stereocenters. The minimum atomic E-state index is -0.484. The van der Waals surface area contributed by atoms with Crippen LogP contribution in [0, 0.1) is 0 Å². The van der Waals surface area contributed by atoms with Gasteiger partial charge in [-0.15, -0.1) is 0 Å². The molecule has 0 atom stereocenters. The van der Waals surface area contributed by atoms with Crippen LogP contribution in [-0.4, -0.2) is 44.3 Å². The van der Waals surface area contributed by atoms with Crippen LogP contribution in [0.2, 0.25) is 0 Å². The first-order valence-electron chi connectivity index (χ1n) is 11.3. The number of benzene rings is 3. The van der Waals surface area contributed by atoms with Gasteiger partial charge in [0.15, 0.2) is 0 Å². The first-order chi connectivity index (χ1) is 17.5. The summed E-state index contributed by atoms with van der Waals surface area (Å²) < 4.78 is 15.9. The van der Waals surface area contributed by atoms with Crippen LogP contribution >= 0.6 is 0 Å². The zero-order valence-corrected chi connectivity index (χ0v) is 20.0. The topological polar surface area (TPSA) is 115 Å². The van der Waals surface area contributed by atoms with E-state index in [9.17, 15) is 14.4 Å². The largest absolute Gasteiger partial charge is 0.497 e. The number of rotatable bonds is 11. The van der Waals surface area contributed by atoms with Gasteiger partial charge in [0.1, 0.15) is 17.2 Å². The third-order valence-electron chi connectivity index (χ3n) is 4.82. The second-order valence-corrected chi connectivity index (χ2v) is 7.54. The Hall–Kier alpha value is -4.66. The van der Waals surface area contributed by atoms with E-state index in [2.05, 4.69) is 15.8 Å². The summed E-state index contributed by atoms with van der Waals surface area (Å²) in [7, 11) is 1.54. The quantitative estimate of drug-likeness (QED) is 0.184. The number of methoxy groups -OCH3 is 1. The van der Waals surface area contributed by atoms with Gasteiger partial charge in [-0.3, -0.25) is 9.59 Å². The number of nitrogens with zero attached hydrogens (tertiary/aromatic N) is 1. The highest BCUT2D eigenvalue weighted by atomic mass is 16.5. The summed E-state index contributed by atoms with van der Waals surface area (Å²) >= 11 is 0. The van der Waals surface area contributed by atoms with Crippen molar-refractivity contribution in [1.82, 2.24) is 10.7 Å². The van der Waals surface area contributed by atoms with E-state index >= 15 is 0 Å². The van der Waals surface area contributed by atoms with Crippen molar-refractivity contribution < 1.29 is 28.6 Å². The van der Waals surface area contributed by atoms with Crippen LogP contribution in [0.1, 0.15) is 39.6 Å². The highest BCUT2D eigenvalue weighted by molar-refractivity contribution is 5.96. The molecule has 0 heterocycles. The highest BCUT2D eigenvalue weighted by Crippen LogP contribution is 2.16. The minimum absolute atomic E-state index is 0.233. The summed E-state index contributed by atoms with van der Waals surface area (Å²) in [5.74, 6) is 0.347. The number of carbonyl (C=O) groups excluding carboxylic acids is 3. The minimum Gasteiger partial charge on any atom is -0.497 e. The fourth-order valence-electron chi connectivity index (χ4n) is 2.92. The number of hydrazone groups is 1. The van der Waals surface area contributed by atoms with Crippen molar-refractivity contribution in [3.8, 4) is 17.2 Å². The molecule has 36 heavy (non-hydrogen) atoms. The van der Waals surface area contributed by atoms with Crippen LogP contribution in [0.3, 0.4) is 0 Å². The van der Waals surface area contributed by atoms with E-state index in [1.165, 1.54) is 13.3 Å². The van der Waals surface area contributed by atoms with Gasteiger partial charge in [0.25, 0.3) is 11.8 Å². The lowest BCUT2D eigenvalue weighted by molar-refractivity contribution is -0.120. The van der Waals surface area contributed by atoms with Crippen LogP contribution in [0.5, 0.6) is 17.2 Å². The number of esters is 1. The van der Waals surface area contributed by atoms with Crippen molar-refractivity contribution in [3.05, 3.63) is 89.5 Å². The van der Waals surface area contributed by atoms with E-state index < -0.39 is 11.9 Å². The van der Waals surface area contributed by atoms with Crippen molar-refractivity contribution in [3.63, 3.8) is 0 Å². The Balaban J connectivity index is 1.42. The molecule has 0 spiro atoms. The van der Waals surface area contributed by atoms with Gasteiger partial charge in [-0.1, -0.05) is 6.92 Å². The molecule has 3 aromatic rings. The maximum Gasteiger partial charge on any atom is 0.343 e. The van der Waals surface area contributed by atoms with Gasteiger partial charge in [0, 0.05) is 5.56 Å². The second-order valence-electron chi connectivity index (χ2n) is 7.54. The normalized spacial score (nSPS) is 10.5. The Morgan fingerprint density at radius 3 is 2.08 bits per heavy atom. The maximum atomic E-state index is 12.3. The van der Waals surface area contributed by atoms with E-state index in [-0.39, 0.29) is 12.5 Å². The third-order valence-corrected chi connectivity index (χ3v) is 4.82. The molecule has 9 nitrogen and oxygen atoms in total. The van der Waals surface area contributed by atoms with Crippen LogP contribution < -0.4 is 25.0 Å². The molecule has 3 aromatic carbocycles. The lowest BCUT2D eigenvalue weighted by Crippen LogP contribution is -2.34. The molecule has 3 rings (SSSR count). The predicted molar refractivity (Wildman–Crippen MR) is 135 cm³/mol. The van der Waals surface area contributed by atoms with E-state index in [0.717, 1.165) is 6.42 Å². The molecule has 186 valence electrons. The van der Waals surface area contributed by atoms with Crippen molar-refractivity contribution in [2.75, 3.05) is 20.3 Å². The van der Waals surface area contributed by atoms with E-state index in [0.29, 0.717) is 40.5 Å². The highest BCUT2D eigenvalue weighted by Gasteiger charge is 2.09. The molecular weight excluding hydrogens is 462 g/mol. The molecule has 0 saturated carbocycles. The van der Waals surface area contributed by atoms with Crippen molar-refractivity contribution in [2.24, 2.45) is 5.10 Å². The second kappa shape index (κ2) is 13.3. The fraction of sp³-hybridized carbons (Fsp3) is 0.185. The van der Waals surface area contributed by atoms with Crippen molar-refractivity contribution in [1.29, 1.82) is 0 Å². The number of carbonyl (C=O) groups is 3. The Bertz CT molecular complexity index is 1190. The molecule has 0 radical (unpaired) electrons. The van der Waals surface area contributed by atoms with Gasteiger partial charge in [-0.2, -0.15) is 5.10 Å². The van der Waals surface area contributed by atoms with Crippen molar-refractivity contribution >= 4 is 24.0 Å². The molecule has 0 aromatic heterocycles. The average molecular weight is 490 g/mol. The summed E-state index contributed by atoms with van der Waals surface area (Å²) in [6.45, 7) is 2.40.